The first-order valence-corrected chi connectivity index (χ1v) is 8.23. The van der Waals surface area contributed by atoms with E-state index in [4.69, 9.17) is 11.6 Å². The van der Waals surface area contributed by atoms with Gasteiger partial charge in [0.25, 0.3) is 11.6 Å². The van der Waals surface area contributed by atoms with E-state index in [2.05, 4.69) is 5.10 Å². The summed E-state index contributed by atoms with van der Waals surface area (Å²) < 4.78 is 15.3. The molecule has 0 saturated heterocycles. The van der Waals surface area contributed by atoms with Crippen LogP contribution in [0, 0.1) is 15.9 Å². The Hall–Kier alpha value is -3.26. The minimum atomic E-state index is -0.495. The fourth-order valence-electron chi connectivity index (χ4n) is 2.50. The molecule has 1 amide bonds. The number of non-ortho nitro benzene ring substituents is 1. The molecule has 0 fully saturated rings. The van der Waals surface area contributed by atoms with Gasteiger partial charge in [-0.2, -0.15) is 5.10 Å². The number of hydrogen-bond donors (Lipinski definition) is 0. The van der Waals surface area contributed by atoms with Crippen molar-refractivity contribution in [1.29, 1.82) is 0 Å². The Balaban J connectivity index is 1.77. The summed E-state index contributed by atoms with van der Waals surface area (Å²) in [5, 5.41) is 15.1. The average Bonchev–Trinajstić information content (AvgIpc) is 3.14. The van der Waals surface area contributed by atoms with E-state index in [9.17, 15) is 19.3 Å². The van der Waals surface area contributed by atoms with E-state index in [0.29, 0.717) is 5.69 Å². The number of benzene rings is 2. The van der Waals surface area contributed by atoms with E-state index in [1.54, 1.807) is 12.3 Å². The molecule has 0 unspecified atom stereocenters. The first-order chi connectivity index (χ1) is 12.9. The minimum Gasteiger partial charge on any atom is -0.336 e. The zero-order chi connectivity index (χ0) is 19.6. The molecule has 0 saturated carbocycles. The van der Waals surface area contributed by atoms with Crippen molar-refractivity contribution in [2.24, 2.45) is 0 Å². The van der Waals surface area contributed by atoms with Crippen LogP contribution in [0.15, 0.2) is 54.7 Å². The van der Waals surface area contributed by atoms with Crippen LogP contribution in [0.2, 0.25) is 5.02 Å². The SMILES string of the molecule is CN(Cc1c(F)cccc1Cl)C(=O)c1ccn(-c2ccc([N+](=O)[O-])cc2)n1. The van der Waals surface area contributed by atoms with Crippen molar-refractivity contribution in [2.45, 2.75) is 6.54 Å². The molecule has 3 rings (SSSR count). The molecular weight excluding hydrogens is 375 g/mol. The van der Waals surface area contributed by atoms with E-state index < -0.39 is 16.6 Å². The highest BCUT2D eigenvalue weighted by atomic mass is 35.5. The van der Waals surface area contributed by atoms with Gasteiger partial charge in [-0.25, -0.2) is 9.07 Å². The monoisotopic (exact) mass is 388 g/mol. The summed E-state index contributed by atoms with van der Waals surface area (Å²) in [6.45, 7) is -0.00523. The smallest absolute Gasteiger partial charge is 0.274 e. The van der Waals surface area contributed by atoms with Gasteiger partial charge in [0.1, 0.15) is 5.82 Å². The fraction of sp³-hybridized carbons (Fsp3) is 0.111. The second-order valence-electron chi connectivity index (χ2n) is 5.78. The standard InChI is InChI=1S/C18H14ClFN4O3/c1-22(11-14-15(19)3-2-4-16(14)20)18(25)17-9-10-23(21-17)12-5-7-13(8-6-12)24(26)27/h2-10H,11H2,1H3. The van der Waals surface area contributed by atoms with Gasteiger partial charge in [-0.05, 0) is 30.3 Å². The van der Waals surface area contributed by atoms with Crippen molar-refractivity contribution in [3.63, 3.8) is 0 Å². The molecule has 138 valence electrons. The van der Waals surface area contributed by atoms with Crippen molar-refractivity contribution in [2.75, 3.05) is 7.05 Å². The molecule has 0 aliphatic rings. The Labute approximate surface area is 158 Å². The van der Waals surface area contributed by atoms with E-state index in [1.165, 1.54) is 59.1 Å². The number of aromatic nitrogens is 2. The second-order valence-corrected chi connectivity index (χ2v) is 6.19. The number of nitro groups is 1. The lowest BCUT2D eigenvalue weighted by molar-refractivity contribution is -0.384. The summed E-state index contributed by atoms with van der Waals surface area (Å²) in [5.41, 5.74) is 0.913. The van der Waals surface area contributed by atoms with Crippen LogP contribution < -0.4 is 0 Å². The fourth-order valence-corrected chi connectivity index (χ4v) is 2.72. The number of carbonyl (C=O) groups is 1. The van der Waals surface area contributed by atoms with Crippen LogP contribution in [-0.4, -0.2) is 32.6 Å². The lowest BCUT2D eigenvalue weighted by Gasteiger charge is -2.17. The number of halogens is 2. The Kier molecular flexibility index (Phi) is 5.18. The van der Waals surface area contributed by atoms with Crippen LogP contribution in [0.25, 0.3) is 5.69 Å². The van der Waals surface area contributed by atoms with Gasteiger partial charge in [-0.1, -0.05) is 17.7 Å². The van der Waals surface area contributed by atoms with Gasteiger partial charge in [-0.15, -0.1) is 0 Å². The summed E-state index contributed by atoms with van der Waals surface area (Å²) in [7, 11) is 1.52. The van der Waals surface area contributed by atoms with Crippen LogP contribution >= 0.6 is 11.6 Å². The van der Waals surface area contributed by atoms with Crippen LogP contribution in [0.4, 0.5) is 10.1 Å². The van der Waals surface area contributed by atoms with Gasteiger partial charge >= 0.3 is 0 Å². The summed E-state index contributed by atoms with van der Waals surface area (Å²) in [4.78, 5) is 24.1. The first kappa shape index (κ1) is 18.5. The van der Waals surface area contributed by atoms with Crippen LogP contribution in [-0.2, 0) is 6.54 Å². The van der Waals surface area contributed by atoms with Crippen LogP contribution in [0.3, 0.4) is 0 Å². The molecule has 9 heteroatoms. The summed E-state index contributed by atoms with van der Waals surface area (Å²) in [5.74, 6) is -0.895. The second kappa shape index (κ2) is 7.55. The number of rotatable bonds is 5. The minimum absolute atomic E-state index is 0.00523. The Bertz CT molecular complexity index is 984. The third-order valence-corrected chi connectivity index (χ3v) is 4.29. The largest absolute Gasteiger partial charge is 0.336 e. The van der Waals surface area contributed by atoms with Gasteiger partial charge in [0.2, 0.25) is 0 Å². The number of carbonyl (C=O) groups excluding carboxylic acids is 1. The predicted octanol–water partition coefficient (Wildman–Crippen LogP) is 3.85. The summed E-state index contributed by atoms with van der Waals surface area (Å²) >= 11 is 6.00. The van der Waals surface area contributed by atoms with Crippen molar-refractivity contribution in [3.05, 3.63) is 86.9 Å². The quantitative estimate of drug-likeness (QED) is 0.491. The molecule has 0 aliphatic heterocycles. The molecule has 2 aromatic carbocycles. The van der Waals surface area contributed by atoms with Crippen molar-refractivity contribution in [1.82, 2.24) is 14.7 Å². The number of amides is 1. The van der Waals surface area contributed by atoms with Crippen molar-refractivity contribution >= 4 is 23.2 Å². The Morgan fingerprint density at radius 2 is 1.96 bits per heavy atom. The molecule has 27 heavy (non-hydrogen) atoms. The van der Waals surface area contributed by atoms with Gasteiger partial charge < -0.3 is 4.90 Å². The van der Waals surface area contributed by atoms with Crippen molar-refractivity contribution < 1.29 is 14.1 Å². The number of hydrogen-bond acceptors (Lipinski definition) is 4. The predicted molar refractivity (Wildman–Crippen MR) is 97.4 cm³/mol. The van der Waals surface area contributed by atoms with E-state index in [1.807, 2.05) is 0 Å². The van der Waals surface area contributed by atoms with E-state index in [-0.39, 0.29) is 28.5 Å². The normalized spacial score (nSPS) is 10.6. The van der Waals surface area contributed by atoms with Gasteiger partial charge in [0.15, 0.2) is 5.69 Å². The zero-order valence-electron chi connectivity index (χ0n) is 14.2. The van der Waals surface area contributed by atoms with E-state index >= 15 is 0 Å². The first-order valence-electron chi connectivity index (χ1n) is 7.85. The maximum absolute atomic E-state index is 13.9. The molecule has 0 bridgehead atoms. The van der Waals surface area contributed by atoms with Crippen LogP contribution in [0.5, 0.6) is 0 Å². The van der Waals surface area contributed by atoms with E-state index in [0.717, 1.165) is 0 Å². The molecule has 1 aromatic heterocycles. The molecular formula is C18H14ClFN4O3. The van der Waals surface area contributed by atoms with Crippen molar-refractivity contribution in [3.8, 4) is 5.69 Å². The van der Waals surface area contributed by atoms with Gasteiger partial charge in [0, 0.05) is 36.0 Å². The Morgan fingerprint density at radius 3 is 2.59 bits per heavy atom. The number of nitro benzene ring substituents is 1. The molecule has 3 aromatic rings. The molecule has 0 aliphatic carbocycles. The topological polar surface area (TPSA) is 81.3 Å². The highest BCUT2D eigenvalue weighted by molar-refractivity contribution is 6.31. The molecule has 0 atom stereocenters. The highest BCUT2D eigenvalue weighted by Crippen LogP contribution is 2.21. The molecule has 0 spiro atoms. The average molecular weight is 389 g/mol. The maximum atomic E-state index is 13.9. The van der Waals surface area contributed by atoms with Gasteiger partial charge in [0.05, 0.1) is 17.2 Å². The maximum Gasteiger partial charge on any atom is 0.274 e. The third-order valence-electron chi connectivity index (χ3n) is 3.94. The zero-order valence-corrected chi connectivity index (χ0v) is 14.9. The lowest BCUT2D eigenvalue weighted by atomic mass is 10.2. The third kappa shape index (κ3) is 3.95. The highest BCUT2D eigenvalue weighted by Gasteiger charge is 2.18. The van der Waals surface area contributed by atoms with Gasteiger partial charge in [-0.3, -0.25) is 14.9 Å². The molecule has 7 nitrogen and oxygen atoms in total. The Morgan fingerprint density at radius 1 is 1.26 bits per heavy atom. The molecule has 0 radical (unpaired) electrons. The summed E-state index contributed by atoms with van der Waals surface area (Å²) in [6.07, 6.45) is 1.57. The molecule has 1 heterocycles. The lowest BCUT2D eigenvalue weighted by Crippen LogP contribution is -2.27. The summed E-state index contributed by atoms with van der Waals surface area (Å²) in [6, 6.07) is 11.6. The van der Waals surface area contributed by atoms with Crippen LogP contribution in [0.1, 0.15) is 16.1 Å². The number of nitrogens with zero attached hydrogens (tertiary/aromatic N) is 4. The molecule has 0 N–H and O–H groups in total.